The molecular formula is C20H18O3. The van der Waals surface area contributed by atoms with Gasteiger partial charge in [0.1, 0.15) is 5.75 Å². The first kappa shape index (κ1) is 15.3. The minimum Gasteiger partial charge on any atom is -0.507 e. The van der Waals surface area contributed by atoms with Gasteiger partial charge in [-0.2, -0.15) is 0 Å². The summed E-state index contributed by atoms with van der Waals surface area (Å²) in [7, 11) is 0. The SMILES string of the molecule is O=C(c1ccccc1)c1cc(CCCO)c(O)c2ccccc12. The topological polar surface area (TPSA) is 57.5 Å². The predicted octanol–water partition coefficient (Wildman–Crippen LogP) is 3.70. The second-order valence-corrected chi connectivity index (χ2v) is 5.50. The molecule has 0 spiro atoms. The third-order valence-corrected chi connectivity index (χ3v) is 3.98. The lowest BCUT2D eigenvalue weighted by molar-refractivity contribution is 0.104. The summed E-state index contributed by atoms with van der Waals surface area (Å²) >= 11 is 0. The highest BCUT2D eigenvalue weighted by Gasteiger charge is 2.17. The number of carbonyl (C=O) groups excluding carboxylic acids is 1. The van der Waals surface area contributed by atoms with Crippen LogP contribution in [-0.4, -0.2) is 22.6 Å². The van der Waals surface area contributed by atoms with E-state index in [4.69, 9.17) is 5.11 Å². The summed E-state index contributed by atoms with van der Waals surface area (Å²) in [5, 5.41) is 20.9. The highest BCUT2D eigenvalue weighted by molar-refractivity contribution is 6.17. The number of phenols is 1. The molecule has 0 amide bonds. The fraction of sp³-hybridized carbons (Fsp3) is 0.150. The molecule has 116 valence electrons. The van der Waals surface area contributed by atoms with Crippen LogP contribution >= 0.6 is 0 Å². The minimum absolute atomic E-state index is 0.0498. The van der Waals surface area contributed by atoms with Gasteiger partial charge in [0.15, 0.2) is 5.78 Å². The number of aromatic hydroxyl groups is 1. The zero-order valence-electron chi connectivity index (χ0n) is 12.7. The van der Waals surface area contributed by atoms with Gasteiger partial charge in [-0.3, -0.25) is 4.79 Å². The summed E-state index contributed by atoms with van der Waals surface area (Å²) in [5.41, 5.74) is 1.89. The molecule has 0 unspecified atom stereocenters. The molecule has 3 aromatic carbocycles. The van der Waals surface area contributed by atoms with E-state index in [1.807, 2.05) is 42.5 Å². The second-order valence-electron chi connectivity index (χ2n) is 5.50. The molecule has 3 rings (SSSR count). The van der Waals surface area contributed by atoms with Crippen LogP contribution < -0.4 is 0 Å². The highest BCUT2D eigenvalue weighted by Crippen LogP contribution is 2.33. The van der Waals surface area contributed by atoms with Crippen LogP contribution in [0.25, 0.3) is 10.8 Å². The molecule has 0 saturated carbocycles. The maximum atomic E-state index is 12.9. The lowest BCUT2D eigenvalue weighted by Crippen LogP contribution is -2.04. The summed E-state index contributed by atoms with van der Waals surface area (Å²) in [6.45, 7) is 0.0498. The summed E-state index contributed by atoms with van der Waals surface area (Å²) in [6, 6.07) is 18.2. The Hall–Kier alpha value is -2.65. The van der Waals surface area contributed by atoms with E-state index < -0.39 is 0 Å². The largest absolute Gasteiger partial charge is 0.507 e. The number of ketones is 1. The van der Waals surface area contributed by atoms with Crippen molar-refractivity contribution >= 4 is 16.6 Å². The molecule has 0 aliphatic rings. The van der Waals surface area contributed by atoms with Crippen LogP contribution in [0.5, 0.6) is 5.75 Å². The first-order valence-corrected chi connectivity index (χ1v) is 7.66. The maximum absolute atomic E-state index is 12.9. The van der Waals surface area contributed by atoms with Crippen molar-refractivity contribution in [3.63, 3.8) is 0 Å². The summed E-state index contributed by atoms with van der Waals surface area (Å²) < 4.78 is 0. The molecular weight excluding hydrogens is 288 g/mol. The van der Waals surface area contributed by atoms with Crippen molar-refractivity contribution in [3.05, 3.63) is 77.4 Å². The molecule has 0 aliphatic carbocycles. The van der Waals surface area contributed by atoms with E-state index >= 15 is 0 Å². The van der Waals surface area contributed by atoms with Gasteiger partial charge in [0.25, 0.3) is 0 Å². The monoisotopic (exact) mass is 306 g/mol. The second kappa shape index (κ2) is 6.63. The molecule has 0 bridgehead atoms. The average molecular weight is 306 g/mol. The number of aryl methyl sites for hydroxylation is 1. The van der Waals surface area contributed by atoms with E-state index in [9.17, 15) is 9.90 Å². The molecule has 0 fully saturated rings. The van der Waals surface area contributed by atoms with Crippen molar-refractivity contribution in [1.82, 2.24) is 0 Å². The van der Waals surface area contributed by atoms with Crippen LogP contribution in [0.2, 0.25) is 0 Å². The number of hydrogen-bond acceptors (Lipinski definition) is 3. The third-order valence-electron chi connectivity index (χ3n) is 3.98. The number of aliphatic hydroxyl groups is 1. The van der Waals surface area contributed by atoms with Crippen molar-refractivity contribution in [1.29, 1.82) is 0 Å². The van der Waals surface area contributed by atoms with Gasteiger partial charge in [-0.05, 0) is 29.9 Å². The van der Waals surface area contributed by atoms with Gasteiger partial charge < -0.3 is 10.2 Å². The van der Waals surface area contributed by atoms with Crippen LogP contribution in [0.15, 0.2) is 60.7 Å². The smallest absolute Gasteiger partial charge is 0.193 e. The molecule has 23 heavy (non-hydrogen) atoms. The average Bonchev–Trinajstić information content (AvgIpc) is 2.61. The Kier molecular flexibility index (Phi) is 4.40. The molecule has 0 heterocycles. The van der Waals surface area contributed by atoms with Gasteiger partial charge >= 0.3 is 0 Å². The molecule has 0 aliphatic heterocycles. The quantitative estimate of drug-likeness (QED) is 0.707. The molecule has 0 radical (unpaired) electrons. The van der Waals surface area contributed by atoms with Crippen LogP contribution in [0.3, 0.4) is 0 Å². The normalized spacial score (nSPS) is 10.8. The number of hydrogen-bond donors (Lipinski definition) is 2. The molecule has 0 aromatic heterocycles. The first-order valence-electron chi connectivity index (χ1n) is 7.66. The van der Waals surface area contributed by atoms with Crippen molar-refractivity contribution < 1.29 is 15.0 Å². The Balaban J connectivity index is 2.19. The maximum Gasteiger partial charge on any atom is 0.193 e. The Morgan fingerprint density at radius 1 is 0.913 bits per heavy atom. The van der Waals surface area contributed by atoms with Gasteiger partial charge in [-0.15, -0.1) is 0 Å². The lowest BCUT2D eigenvalue weighted by atomic mass is 9.92. The summed E-state index contributed by atoms with van der Waals surface area (Å²) in [5.74, 6) is 0.130. The number of fused-ring (bicyclic) bond motifs is 1. The van der Waals surface area contributed by atoms with E-state index in [1.54, 1.807) is 18.2 Å². The van der Waals surface area contributed by atoms with E-state index in [0.717, 1.165) is 5.39 Å². The van der Waals surface area contributed by atoms with Gasteiger partial charge in [0, 0.05) is 23.1 Å². The zero-order chi connectivity index (χ0) is 16.2. The van der Waals surface area contributed by atoms with E-state index in [-0.39, 0.29) is 18.1 Å². The van der Waals surface area contributed by atoms with E-state index in [2.05, 4.69) is 0 Å². The van der Waals surface area contributed by atoms with Crippen molar-refractivity contribution in [3.8, 4) is 5.75 Å². The van der Waals surface area contributed by atoms with Crippen molar-refractivity contribution in [2.24, 2.45) is 0 Å². The van der Waals surface area contributed by atoms with E-state index in [1.165, 1.54) is 0 Å². The predicted molar refractivity (Wildman–Crippen MR) is 90.9 cm³/mol. The molecule has 3 aromatic rings. The molecule has 3 heteroatoms. The summed E-state index contributed by atoms with van der Waals surface area (Å²) in [4.78, 5) is 12.9. The van der Waals surface area contributed by atoms with Gasteiger partial charge in [-0.1, -0.05) is 54.6 Å². The number of benzene rings is 3. The number of phenolic OH excluding ortho intramolecular Hbond substituents is 1. The number of aliphatic hydroxyl groups excluding tert-OH is 1. The minimum atomic E-state index is -0.0629. The van der Waals surface area contributed by atoms with Crippen LogP contribution in [0, 0.1) is 0 Å². The fourth-order valence-corrected chi connectivity index (χ4v) is 2.81. The van der Waals surface area contributed by atoms with Gasteiger partial charge in [0.2, 0.25) is 0 Å². The third kappa shape index (κ3) is 2.96. The van der Waals surface area contributed by atoms with E-state index in [0.29, 0.717) is 34.9 Å². The van der Waals surface area contributed by atoms with Crippen molar-refractivity contribution in [2.45, 2.75) is 12.8 Å². The number of rotatable bonds is 5. The van der Waals surface area contributed by atoms with Crippen molar-refractivity contribution in [2.75, 3.05) is 6.61 Å². The Labute approximate surface area is 134 Å². The molecule has 0 saturated heterocycles. The van der Waals surface area contributed by atoms with Gasteiger partial charge in [-0.25, -0.2) is 0 Å². The van der Waals surface area contributed by atoms with Crippen LogP contribution in [0.1, 0.15) is 27.9 Å². The highest BCUT2D eigenvalue weighted by atomic mass is 16.3. The Morgan fingerprint density at radius 3 is 2.26 bits per heavy atom. The first-order chi connectivity index (χ1) is 11.2. The molecule has 2 N–H and O–H groups in total. The van der Waals surface area contributed by atoms with Gasteiger partial charge in [0.05, 0.1) is 0 Å². The molecule has 0 atom stereocenters. The Morgan fingerprint density at radius 2 is 1.57 bits per heavy atom. The van der Waals surface area contributed by atoms with Crippen LogP contribution in [-0.2, 0) is 6.42 Å². The Bertz CT molecular complexity index is 838. The summed E-state index contributed by atoms with van der Waals surface area (Å²) in [6.07, 6.45) is 1.08. The lowest BCUT2D eigenvalue weighted by Gasteiger charge is -2.12. The number of carbonyl (C=O) groups is 1. The standard InChI is InChI=1S/C20H18O3/c21-12-6-9-15-13-18(19(22)14-7-2-1-3-8-14)16-10-4-5-11-17(16)20(15)23/h1-5,7-8,10-11,13,21,23H,6,9,12H2. The fourth-order valence-electron chi connectivity index (χ4n) is 2.81. The van der Waals surface area contributed by atoms with Crippen LogP contribution in [0.4, 0.5) is 0 Å². The zero-order valence-corrected chi connectivity index (χ0v) is 12.7. The molecule has 3 nitrogen and oxygen atoms in total.